The fourth-order valence-corrected chi connectivity index (χ4v) is 1.55. The summed E-state index contributed by atoms with van der Waals surface area (Å²) in [6.45, 7) is 8.28. The molecule has 1 aliphatic rings. The van der Waals surface area contributed by atoms with Crippen molar-refractivity contribution in [2.24, 2.45) is 5.92 Å². The third-order valence-electron chi connectivity index (χ3n) is 3.11. The van der Waals surface area contributed by atoms with Crippen LogP contribution in [0.1, 0.15) is 27.2 Å². The third kappa shape index (κ3) is 3.80. The van der Waals surface area contributed by atoms with Gasteiger partial charge in [0.1, 0.15) is 6.04 Å². The van der Waals surface area contributed by atoms with Crippen LogP contribution in [0.3, 0.4) is 0 Å². The molecule has 88 valence electrons. The van der Waals surface area contributed by atoms with Gasteiger partial charge in [0.05, 0.1) is 13.2 Å². The molecule has 1 fully saturated rings. The Morgan fingerprint density at radius 3 is 2.87 bits per heavy atom. The van der Waals surface area contributed by atoms with Crippen molar-refractivity contribution in [1.29, 1.82) is 0 Å². The molecule has 0 unspecified atom stereocenters. The van der Waals surface area contributed by atoms with E-state index in [2.05, 4.69) is 31.4 Å². The standard InChI is InChI=1S/C11H22N2O2/c1-4-8(2)9(3)13-11(14)10-7-15-6-5-12-10/h8-10,12H,4-7H2,1-3H3,(H,13,14)/t8-,9+,10-/m0/s1. The minimum Gasteiger partial charge on any atom is -0.378 e. The van der Waals surface area contributed by atoms with E-state index < -0.39 is 0 Å². The summed E-state index contributed by atoms with van der Waals surface area (Å²) in [5.41, 5.74) is 0. The molecule has 1 rings (SSSR count). The SMILES string of the molecule is CC[C@H](C)[C@@H](C)NC(=O)[C@@H]1COCCN1. The molecular formula is C11H22N2O2. The van der Waals surface area contributed by atoms with Gasteiger partial charge in [0.2, 0.25) is 5.91 Å². The van der Waals surface area contributed by atoms with Gasteiger partial charge in [-0.05, 0) is 12.8 Å². The number of morpholine rings is 1. The van der Waals surface area contributed by atoms with E-state index in [0.29, 0.717) is 19.1 Å². The predicted octanol–water partition coefficient (Wildman–Crippen LogP) is 0.526. The van der Waals surface area contributed by atoms with Crippen LogP contribution in [0.4, 0.5) is 0 Å². The summed E-state index contributed by atoms with van der Waals surface area (Å²) < 4.78 is 5.25. The van der Waals surface area contributed by atoms with Crippen LogP contribution in [0.2, 0.25) is 0 Å². The summed E-state index contributed by atoms with van der Waals surface area (Å²) in [4.78, 5) is 11.8. The van der Waals surface area contributed by atoms with Gasteiger partial charge in [0, 0.05) is 12.6 Å². The molecule has 0 spiro atoms. The Balaban J connectivity index is 2.33. The second-order valence-corrected chi connectivity index (χ2v) is 4.26. The lowest BCUT2D eigenvalue weighted by Crippen LogP contribution is -2.53. The first-order valence-electron chi connectivity index (χ1n) is 5.76. The maximum atomic E-state index is 11.8. The number of carbonyl (C=O) groups is 1. The molecule has 0 aromatic carbocycles. The van der Waals surface area contributed by atoms with Crippen LogP contribution in [0.15, 0.2) is 0 Å². The average Bonchev–Trinajstić information content (AvgIpc) is 2.29. The van der Waals surface area contributed by atoms with Gasteiger partial charge in [-0.2, -0.15) is 0 Å². The minimum atomic E-state index is -0.176. The topological polar surface area (TPSA) is 50.4 Å². The second kappa shape index (κ2) is 6.08. The van der Waals surface area contributed by atoms with Crippen molar-refractivity contribution in [2.45, 2.75) is 39.3 Å². The number of amides is 1. The summed E-state index contributed by atoms with van der Waals surface area (Å²) >= 11 is 0. The maximum Gasteiger partial charge on any atom is 0.239 e. The zero-order chi connectivity index (χ0) is 11.3. The third-order valence-corrected chi connectivity index (χ3v) is 3.11. The van der Waals surface area contributed by atoms with Crippen molar-refractivity contribution in [3.63, 3.8) is 0 Å². The number of nitrogens with one attached hydrogen (secondary N) is 2. The maximum absolute atomic E-state index is 11.8. The normalized spacial score (nSPS) is 25.7. The average molecular weight is 214 g/mol. The van der Waals surface area contributed by atoms with E-state index in [1.54, 1.807) is 0 Å². The molecule has 0 aromatic rings. The summed E-state index contributed by atoms with van der Waals surface area (Å²) in [5.74, 6) is 0.570. The number of hydrogen-bond acceptors (Lipinski definition) is 3. The highest BCUT2D eigenvalue weighted by molar-refractivity contribution is 5.82. The molecule has 3 atom stereocenters. The summed E-state index contributed by atoms with van der Waals surface area (Å²) in [7, 11) is 0. The van der Waals surface area contributed by atoms with Crippen LogP contribution in [-0.2, 0) is 9.53 Å². The minimum absolute atomic E-state index is 0.0579. The van der Waals surface area contributed by atoms with Crippen molar-refractivity contribution < 1.29 is 9.53 Å². The van der Waals surface area contributed by atoms with Gasteiger partial charge in [-0.15, -0.1) is 0 Å². The fourth-order valence-electron chi connectivity index (χ4n) is 1.55. The lowest BCUT2D eigenvalue weighted by molar-refractivity contribution is -0.126. The number of hydrogen-bond donors (Lipinski definition) is 2. The molecule has 0 bridgehead atoms. The van der Waals surface area contributed by atoms with Crippen LogP contribution >= 0.6 is 0 Å². The number of ether oxygens (including phenoxy) is 1. The van der Waals surface area contributed by atoms with Crippen molar-refractivity contribution >= 4 is 5.91 Å². The number of rotatable bonds is 4. The van der Waals surface area contributed by atoms with E-state index in [0.717, 1.165) is 13.0 Å². The highest BCUT2D eigenvalue weighted by atomic mass is 16.5. The van der Waals surface area contributed by atoms with Crippen LogP contribution in [-0.4, -0.2) is 37.7 Å². The summed E-state index contributed by atoms with van der Waals surface area (Å²) in [6.07, 6.45) is 1.08. The molecule has 4 heteroatoms. The lowest BCUT2D eigenvalue weighted by atomic mass is 10.0. The first-order chi connectivity index (χ1) is 7.15. The molecule has 0 saturated carbocycles. The molecule has 1 aliphatic heterocycles. The van der Waals surface area contributed by atoms with E-state index in [4.69, 9.17) is 4.74 Å². The zero-order valence-corrected chi connectivity index (χ0v) is 9.88. The predicted molar refractivity (Wildman–Crippen MR) is 59.7 cm³/mol. The lowest BCUT2D eigenvalue weighted by Gasteiger charge is -2.26. The molecule has 2 N–H and O–H groups in total. The first-order valence-corrected chi connectivity index (χ1v) is 5.76. The van der Waals surface area contributed by atoms with Gasteiger partial charge in [-0.1, -0.05) is 20.3 Å². The van der Waals surface area contributed by atoms with E-state index >= 15 is 0 Å². The summed E-state index contributed by atoms with van der Waals surface area (Å²) in [6, 6.07) is 0.0523. The summed E-state index contributed by atoms with van der Waals surface area (Å²) in [5, 5.41) is 6.16. The van der Waals surface area contributed by atoms with Gasteiger partial charge in [0.15, 0.2) is 0 Å². The molecular weight excluding hydrogens is 192 g/mol. The highest BCUT2D eigenvalue weighted by Gasteiger charge is 2.23. The monoisotopic (exact) mass is 214 g/mol. The molecule has 0 aromatic heterocycles. The van der Waals surface area contributed by atoms with E-state index in [-0.39, 0.29) is 18.0 Å². The Morgan fingerprint density at radius 2 is 2.33 bits per heavy atom. The number of carbonyl (C=O) groups excluding carboxylic acids is 1. The smallest absolute Gasteiger partial charge is 0.239 e. The zero-order valence-electron chi connectivity index (χ0n) is 9.88. The highest BCUT2D eigenvalue weighted by Crippen LogP contribution is 2.07. The van der Waals surface area contributed by atoms with Gasteiger partial charge >= 0.3 is 0 Å². The van der Waals surface area contributed by atoms with Gasteiger partial charge in [0.25, 0.3) is 0 Å². The molecule has 4 nitrogen and oxygen atoms in total. The Morgan fingerprint density at radius 1 is 1.60 bits per heavy atom. The van der Waals surface area contributed by atoms with Crippen LogP contribution in [0, 0.1) is 5.92 Å². The molecule has 1 amide bonds. The Labute approximate surface area is 91.8 Å². The van der Waals surface area contributed by atoms with Crippen LogP contribution in [0.5, 0.6) is 0 Å². The van der Waals surface area contributed by atoms with Crippen molar-refractivity contribution in [2.75, 3.05) is 19.8 Å². The van der Waals surface area contributed by atoms with Crippen molar-refractivity contribution in [1.82, 2.24) is 10.6 Å². The van der Waals surface area contributed by atoms with Gasteiger partial charge in [-0.25, -0.2) is 0 Å². The molecule has 1 saturated heterocycles. The fraction of sp³-hybridized carbons (Fsp3) is 0.909. The van der Waals surface area contributed by atoms with E-state index in [1.807, 2.05) is 0 Å². The Hall–Kier alpha value is -0.610. The quantitative estimate of drug-likeness (QED) is 0.717. The molecule has 0 radical (unpaired) electrons. The molecule has 15 heavy (non-hydrogen) atoms. The molecule has 0 aliphatic carbocycles. The Bertz CT molecular complexity index is 203. The molecule has 1 heterocycles. The van der Waals surface area contributed by atoms with E-state index in [1.165, 1.54) is 0 Å². The first kappa shape index (κ1) is 12.5. The van der Waals surface area contributed by atoms with Crippen LogP contribution in [0.25, 0.3) is 0 Å². The van der Waals surface area contributed by atoms with E-state index in [9.17, 15) is 4.79 Å². The second-order valence-electron chi connectivity index (χ2n) is 4.26. The van der Waals surface area contributed by atoms with Gasteiger partial charge < -0.3 is 15.4 Å². The van der Waals surface area contributed by atoms with Crippen molar-refractivity contribution in [3.05, 3.63) is 0 Å². The van der Waals surface area contributed by atoms with Crippen LogP contribution < -0.4 is 10.6 Å². The Kier molecular flexibility index (Phi) is 5.05. The van der Waals surface area contributed by atoms with Gasteiger partial charge in [-0.3, -0.25) is 4.79 Å². The van der Waals surface area contributed by atoms with Crippen molar-refractivity contribution in [3.8, 4) is 0 Å². The largest absolute Gasteiger partial charge is 0.378 e.